The topological polar surface area (TPSA) is 124 Å². The van der Waals surface area contributed by atoms with Gasteiger partial charge in [-0.3, -0.25) is 9.79 Å². The highest BCUT2D eigenvalue weighted by molar-refractivity contribution is 6.23. The number of rotatable bonds is 16. The highest BCUT2D eigenvalue weighted by atomic mass is 16.6. The Morgan fingerprint density at radius 3 is 2.14 bits per heavy atom. The molecule has 9 heteroatoms. The quantitative estimate of drug-likeness (QED) is 0.0503. The van der Waals surface area contributed by atoms with Gasteiger partial charge in [0, 0.05) is 25.2 Å². The average Bonchev–Trinajstić information content (AvgIpc) is 3.49. The minimum Gasteiger partial charge on any atom is -0.511 e. The second kappa shape index (κ2) is 18.3. The van der Waals surface area contributed by atoms with Gasteiger partial charge in [0.2, 0.25) is 0 Å². The summed E-state index contributed by atoms with van der Waals surface area (Å²) < 4.78 is 17.3. The summed E-state index contributed by atoms with van der Waals surface area (Å²) in [5, 5.41) is 13.7. The fourth-order valence-electron chi connectivity index (χ4n) is 7.48. The second-order valence-electron chi connectivity index (χ2n) is 16.0. The number of aliphatic hydroxyl groups excluding tert-OH is 1. The summed E-state index contributed by atoms with van der Waals surface area (Å²) in [6.45, 7) is 12.3. The van der Waals surface area contributed by atoms with Crippen LogP contribution in [-0.2, 0) is 32.1 Å². The molecule has 6 rings (SSSR count). The lowest BCUT2D eigenvalue weighted by molar-refractivity contribution is -0.147. The van der Waals surface area contributed by atoms with E-state index in [0.29, 0.717) is 54.2 Å². The van der Waals surface area contributed by atoms with Crippen molar-refractivity contribution in [1.29, 1.82) is 0 Å². The number of aliphatic hydroxyl groups is 1. The van der Waals surface area contributed by atoms with Crippen LogP contribution in [0.1, 0.15) is 81.5 Å². The van der Waals surface area contributed by atoms with Gasteiger partial charge in [-0.1, -0.05) is 107 Å². The number of benzene rings is 4. The molecule has 4 aromatic carbocycles. The molecule has 0 saturated heterocycles. The van der Waals surface area contributed by atoms with Gasteiger partial charge in [-0.05, 0) is 81.8 Å². The highest BCUT2D eigenvalue weighted by Crippen LogP contribution is 2.44. The zero-order valence-electron chi connectivity index (χ0n) is 33.3. The van der Waals surface area contributed by atoms with Crippen molar-refractivity contribution in [2.75, 3.05) is 13.2 Å². The van der Waals surface area contributed by atoms with Crippen LogP contribution in [0.15, 0.2) is 126 Å². The maximum absolute atomic E-state index is 13.7. The first kappa shape index (κ1) is 40.7. The molecule has 0 heterocycles. The number of ether oxygens (including phenoxy) is 3. The third-order valence-electron chi connectivity index (χ3n) is 10.2. The van der Waals surface area contributed by atoms with Gasteiger partial charge in [0.25, 0.3) is 0 Å². The molecule has 0 unspecified atom stereocenters. The van der Waals surface area contributed by atoms with Crippen molar-refractivity contribution in [3.8, 4) is 16.9 Å². The summed E-state index contributed by atoms with van der Waals surface area (Å²) in [5.74, 6) is 0.157. The van der Waals surface area contributed by atoms with Crippen LogP contribution in [0.3, 0.4) is 0 Å². The molecule has 0 saturated carbocycles. The molecule has 0 radical (unpaired) electrons. The lowest BCUT2D eigenvalue weighted by atomic mass is 9.75. The average molecular weight is 769 g/mol. The molecule has 1 atom stereocenters. The lowest BCUT2D eigenvalue weighted by Gasteiger charge is -2.30. The standard InChI is InChI=1S/C48H52N2O7/c1-6-7-24-55-35-22-18-32(19-23-35)26-42(50-47(54)57-30-40-38-14-10-8-12-36(38)37-13-9-11-15-39(37)40)46(53)56-29-33-16-20-34(21-17-33)49-41(25-31(2)3)45-43(51)27-48(4,5)28-44(45)52/h6,8-23,31,40,42,51H,1,7,24-30H2,2-5H3,(H,50,54)/t42-/m1/s1. The molecule has 0 fully saturated rings. The predicted octanol–water partition coefficient (Wildman–Crippen LogP) is 10.2. The molecular formula is C48H52N2O7. The predicted molar refractivity (Wildman–Crippen MR) is 223 cm³/mol. The third-order valence-corrected chi connectivity index (χ3v) is 10.2. The maximum Gasteiger partial charge on any atom is 0.407 e. The maximum atomic E-state index is 13.7. The van der Waals surface area contributed by atoms with Crippen molar-refractivity contribution < 1.29 is 33.7 Å². The Bertz CT molecular complexity index is 2100. The monoisotopic (exact) mass is 768 g/mol. The SMILES string of the molecule is C=CCCOc1ccc(C[C@@H](NC(=O)OCC2c3ccccc3-c3ccccc32)C(=O)OCc2ccc(N=C(CC(C)C)C3=C(O)CC(C)(C)CC3=O)cc2)cc1. The molecule has 2 aliphatic rings. The molecule has 2 aliphatic carbocycles. The Labute approximate surface area is 335 Å². The first-order valence-corrected chi connectivity index (χ1v) is 19.6. The number of hydrogen-bond acceptors (Lipinski definition) is 8. The molecule has 0 aromatic heterocycles. The van der Waals surface area contributed by atoms with E-state index in [9.17, 15) is 19.5 Å². The largest absolute Gasteiger partial charge is 0.511 e. The van der Waals surface area contributed by atoms with Crippen molar-refractivity contribution >= 4 is 29.2 Å². The number of hydrogen-bond donors (Lipinski definition) is 2. The number of aliphatic imine (C=N–C) groups is 1. The Hall–Kier alpha value is -5.96. The van der Waals surface area contributed by atoms with E-state index in [-0.39, 0.29) is 48.4 Å². The Kier molecular flexibility index (Phi) is 13.1. The molecule has 57 heavy (non-hydrogen) atoms. The molecule has 0 spiro atoms. The van der Waals surface area contributed by atoms with Gasteiger partial charge in [0.05, 0.1) is 23.6 Å². The second-order valence-corrected chi connectivity index (χ2v) is 16.0. The summed E-state index contributed by atoms with van der Waals surface area (Å²) in [5.41, 5.74) is 7.14. The van der Waals surface area contributed by atoms with Crippen LogP contribution < -0.4 is 10.1 Å². The third kappa shape index (κ3) is 10.5. The minimum atomic E-state index is -1.03. The lowest BCUT2D eigenvalue weighted by Crippen LogP contribution is -2.43. The molecule has 0 bridgehead atoms. The van der Waals surface area contributed by atoms with E-state index in [2.05, 4.69) is 36.2 Å². The molecular weight excluding hydrogens is 717 g/mol. The Morgan fingerprint density at radius 1 is 0.895 bits per heavy atom. The van der Waals surface area contributed by atoms with Crippen LogP contribution in [0.4, 0.5) is 10.5 Å². The van der Waals surface area contributed by atoms with Crippen LogP contribution in [0.25, 0.3) is 11.1 Å². The van der Waals surface area contributed by atoms with E-state index in [1.165, 1.54) is 0 Å². The van der Waals surface area contributed by atoms with Gasteiger partial charge in [-0.2, -0.15) is 0 Å². The van der Waals surface area contributed by atoms with Crippen LogP contribution in [0, 0.1) is 11.3 Å². The fraction of sp³-hybridized carbons (Fsp3) is 0.333. The van der Waals surface area contributed by atoms with Gasteiger partial charge in [0.1, 0.15) is 30.8 Å². The zero-order chi connectivity index (χ0) is 40.5. The number of alkyl carbamates (subject to hydrolysis) is 1. The van der Waals surface area contributed by atoms with Gasteiger partial charge < -0.3 is 24.6 Å². The summed E-state index contributed by atoms with van der Waals surface area (Å²) in [6.07, 6.45) is 3.26. The number of ketones is 1. The van der Waals surface area contributed by atoms with E-state index >= 15 is 0 Å². The first-order chi connectivity index (χ1) is 27.4. The molecule has 1 amide bonds. The van der Waals surface area contributed by atoms with Gasteiger partial charge in [-0.15, -0.1) is 6.58 Å². The number of Topliss-reactive ketones (excluding diaryl/α,β-unsaturated/α-hetero) is 1. The van der Waals surface area contributed by atoms with Crippen molar-refractivity contribution in [3.63, 3.8) is 0 Å². The van der Waals surface area contributed by atoms with Crippen molar-refractivity contribution in [2.24, 2.45) is 16.3 Å². The number of carbonyl (C=O) groups is 3. The zero-order valence-corrected chi connectivity index (χ0v) is 33.3. The summed E-state index contributed by atoms with van der Waals surface area (Å²) >= 11 is 0. The van der Waals surface area contributed by atoms with Crippen molar-refractivity contribution in [2.45, 2.75) is 78.4 Å². The van der Waals surface area contributed by atoms with Crippen LogP contribution in [-0.4, -0.2) is 47.9 Å². The summed E-state index contributed by atoms with van der Waals surface area (Å²) in [7, 11) is 0. The number of fused-ring (bicyclic) bond motifs is 3. The number of allylic oxidation sites excluding steroid dienone is 2. The van der Waals surface area contributed by atoms with E-state index in [4.69, 9.17) is 19.2 Å². The van der Waals surface area contributed by atoms with Crippen molar-refractivity contribution in [1.82, 2.24) is 5.32 Å². The smallest absolute Gasteiger partial charge is 0.407 e. The highest BCUT2D eigenvalue weighted by Gasteiger charge is 2.35. The fourth-order valence-corrected chi connectivity index (χ4v) is 7.48. The van der Waals surface area contributed by atoms with Gasteiger partial charge >= 0.3 is 12.1 Å². The normalized spacial score (nSPS) is 15.5. The van der Waals surface area contributed by atoms with E-state index in [1.807, 2.05) is 76.2 Å². The molecule has 4 aromatic rings. The Balaban J connectivity index is 1.14. The van der Waals surface area contributed by atoms with Crippen LogP contribution in [0.2, 0.25) is 0 Å². The number of esters is 1. The number of carbonyl (C=O) groups excluding carboxylic acids is 3. The van der Waals surface area contributed by atoms with Crippen LogP contribution >= 0.6 is 0 Å². The first-order valence-electron chi connectivity index (χ1n) is 19.6. The molecule has 9 nitrogen and oxygen atoms in total. The van der Waals surface area contributed by atoms with E-state index in [1.54, 1.807) is 30.3 Å². The van der Waals surface area contributed by atoms with E-state index < -0.39 is 18.1 Å². The Morgan fingerprint density at radius 2 is 1.53 bits per heavy atom. The molecule has 296 valence electrons. The van der Waals surface area contributed by atoms with Gasteiger partial charge in [-0.25, -0.2) is 9.59 Å². The van der Waals surface area contributed by atoms with Crippen molar-refractivity contribution in [3.05, 3.63) is 143 Å². The molecule has 2 N–H and O–H groups in total. The summed E-state index contributed by atoms with van der Waals surface area (Å²) in [4.78, 5) is 45.0. The van der Waals surface area contributed by atoms with Crippen LogP contribution in [0.5, 0.6) is 5.75 Å². The minimum absolute atomic E-state index is 0.0415. The van der Waals surface area contributed by atoms with E-state index in [0.717, 1.165) is 34.2 Å². The molecule has 0 aliphatic heterocycles. The summed E-state index contributed by atoms with van der Waals surface area (Å²) in [6, 6.07) is 29.7. The number of nitrogens with zero attached hydrogens (tertiary/aromatic N) is 1. The number of amides is 1. The van der Waals surface area contributed by atoms with Gasteiger partial charge in [0.15, 0.2) is 5.78 Å². The number of nitrogens with one attached hydrogen (secondary N) is 1.